The first-order valence-corrected chi connectivity index (χ1v) is 10.0. The molecule has 2 heterocycles. The zero-order valence-corrected chi connectivity index (χ0v) is 17.0. The summed E-state index contributed by atoms with van der Waals surface area (Å²) in [6.45, 7) is 4.20. The number of ether oxygens (including phenoxy) is 3. The first kappa shape index (κ1) is 20.3. The predicted octanol–water partition coefficient (Wildman–Crippen LogP) is 3.67. The number of benzene rings is 2. The highest BCUT2D eigenvalue weighted by atomic mass is 19.1. The maximum Gasteiger partial charge on any atom is 0.162 e. The average Bonchev–Trinajstić information content (AvgIpc) is 2.79. The summed E-state index contributed by atoms with van der Waals surface area (Å²) in [6, 6.07) is 9.93. The monoisotopic (exact) mass is 412 g/mol. The fourth-order valence-corrected chi connectivity index (χ4v) is 3.52. The van der Waals surface area contributed by atoms with Crippen LogP contribution in [0.25, 0.3) is 10.9 Å². The zero-order chi connectivity index (χ0) is 20.9. The molecule has 158 valence electrons. The molecule has 0 spiro atoms. The van der Waals surface area contributed by atoms with E-state index in [1.807, 2.05) is 12.1 Å². The van der Waals surface area contributed by atoms with Crippen molar-refractivity contribution in [2.75, 3.05) is 32.2 Å². The SMILES string of the molecule is CCC(Oc1cc2c(Nc3ccc(F)cc3)ncnc2cc1OC)C1COCCN1. The molecule has 0 aliphatic carbocycles. The van der Waals surface area contributed by atoms with Gasteiger partial charge < -0.3 is 24.8 Å². The lowest BCUT2D eigenvalue weighted by Crippen LogP contribution is -2.50. The highest BCUT2D eigenvalue weighted by molar-refractivity contribution is 5.93. The van der Waals surface area contributed by atoms with Crippen molar-refractivity contribution in [3.05, 3.63) is 48.5 Å². The summed E-state index contributed by atoms with van der Waals surface area (Å²) < 4.78 is 30.7. The van der Waals surface area contributed by atoms with Crippen LogP contribution in [0.3, 0.4) is 0 Å². The van der Waals surface area contributed by atoms with E-state index in [2.05, 4.69) is 27.5 Å². The van der Waals surface area contributed by atoms with Gasteiger partial charge in [-0.05, 0) is 36.8 Å². The van der Waals surface area contributed by atoms with Gasteiger partial charge in [-0.25, -0.2) is 14.4 Å². The van der Waals surface area contributed by atoms with E-state index in [1.165, 1.54) is 18.5 Å². The molecule has 0 saturated carbocycles. The van der Waals surface area contributed by atoms with Gasteiger partial charge in [-0.1, -0.05) is 6.92 Å². The van der Waals surface area contributed by atoms with Crippen molar-refractivity contribution in [2.24, 2.45) is 0 Å². The third kappa shape index (κ3) is 4.44. The fourth-order valence-electron chi connectivity index (χ4n) is 3.52. The summed E-state index contributed by atoms with van der Waals surface area (Å²) in [4.78, 5) is 8.72. The van der Waals surface area contributed by atoms with Crippen LogP contribution in [0.15, 0.2) is 42.7 Å². The van der Waals surface area contributed by atoms with Gasteiger partial charge in [0.05, 0.1) is 31.9 Å². The molecular formula is C22H25FN4O3. The van der Waals surface area contributed by atoms with Crippen LogP contribution >= 0.6 is 0 Å². The van der Waals surface area contributed by atoms with E-state index in [9.17, 15) is 4.39 Å². The first-order chi connectivity index (χ1) is 14.7. The number of nitrogens with one attached hydrogen (secondary N) is 2. The summed E-state index contributed by atoms with van der Waals surface area (Å²) >= 11 is 0. The van der Waals surface area contributed by atoms with Crippen LogP contribution in [-0.4, -0.2) is 49.0 Å². The van der Waals surface area contributed by atoms with Gasteiger partial charge in [0.25, 0.3) is 0 Å². The van der Waals surface area contributed by atoms with Crippen molar-refractivity contribution in [3.8, 4) is 11.5 Å². The molecule has 1 fully saturated rings. The van der Waals surface area contributed by atoms with Crippen molar-refractivity contribution in [2.45, 2.75) is 25.5 Å². The van der Waals surface area contributed by atoms with Crippen LogP contribution < -0.4 is 20.1 Å². The Morgan fingerprint density at radius 1 is 1.23 bits per heavy atom. The van der Waals surface area contributed by atoms with Crippen molar-refractivity contribution in [1.29, 1.82) is 0 Å². The quantitative estimate of drug-likeness (QED) is 0.613. The van der Waals surface area contributed by atoms with E-state index in [0.717, 1.165) is 24.0 Å². The Balaban J connectivity index is 1.67. The smallest absolute Gasteiger partial charge is 0.162 e. The summed E-state index contributed by atoms with van der Waals surface area (Å²) in [5.74, 6) is 1.52. The Bertz CT molecular complexity index is 994. The van der Waals surface area contributed by atoms with Crippen LogP contribution in [0.5, 0.6) is 11.5 Å². The van der Waals surface area contributed by atoms with E-state index in [4.69, 9.17) is 14.2 Å². The number of hydrogen-bond donors (Lipinski definition) is 2. The van der Waals surface area contributed by atoms with Crippen molar-refractivity contribution < 1.29 is 18.6 Å². The summed E-state index contributed by atoms with van der Waals surface area (Å²) in [5, 5.41) is 7.46. The first-order valence-electron chi connectivity index (χ1n) is 10.0. The Kier molecular flexibility index (Phi) is 6.25. The van der Waals surface area contributed by atoms with Crippen LogP contribution in [0.2, 0.25) is 0 Å². The third-order valence-electron chi connectivity index (χ3n) is 5.11. The number of nitrogens with zero attached hydrogens (tertiary/aromatic N) is 2. The highest BCUT2D eigenvalue weighted by Crippen LogP contribution is 2.36. The molecule has 3 aromatic rings. The largest absolute Gasteiger partial charge is 0.493 e. The molecule has 2 atom stereocenters. The summed E-state index contributed by atoms with van der Waals surface area (Å²) in [7, 11) is 1.61. The van der Waals surface area contributed by atoms with Crippen LogP contribution in [0, 0.1) is 5.82 Å². The van der Waals surface area contributed by atoms with Gasteiger partial charge in [0.1, 0.15) is 24.1 Å². The van der Waals surface area contributed by atoms with Gasteiger partial charge in [0.2, 0.25) is 0 Å². The summed E-state index contributed by atoms with van der Waals surface area (Å²) in [6.07, 6.45) is 2.22. The second-order valence-electron chi connectivity index (χ2n) is 7.07. The maximum atomic E-state index is 13.2. The molecule has 0 bridgehead atoms. The highest BCUT2D eigenvalue weighted by Gasteiger charge is 2.25. The van der Waals surface area contributed by atoms with Crippen molar-refractivity contribution >= 4 is 22.4 Å². The molecule has 7 nitrogen and oxygen atoms in total. The lowest BCUT2D eigenvalue weighted by Gasteiger charge is -2.31. The Labute approximate surface area is 174 Å². The molecule has 1 aromatic heterocycles. The molecular weight excluding hydrogens is 387 g/mol. The lowest BCUT2D eigenvalue weighted by atomic mass is 10.1. The van der Waals surface area contributed by atoms with Gasteiger partial charge in [0.15, 0.2) is 11.5 Å². The number of anilines is 2. The maximum absolute atomic E-state index is 13.2. The molecule has 0 radical (unpaired) electrons. The van der Waals surface area contributed by atoms with E-state index in [1.54, 1.807) is 19.2 Å². The Morgan fingerprint density at radius 2 is 2.07 bits per heavy atom. The molecule has 2 aromatic carbocycles. The van der Waals surface area contributed by atoms with E-state index in [-0.39, 0.29) is 18.0 Å². The minimum atomic E-state index is -0.292. The molecule has 2 unspecified atom stereocenters. The predicted molar refractivity (Wildman–Crippen MR) is 113 cm³/mol. The van der Waals surface area contributed by atoms with E-state index in [0.29, 0.717) is 36.0 Å². The van der Waals surface area contributed by atoms with E-state index >= 15 is 0 Å². The summed E-state index contributed by atoms with van der Waals surface area (Å²) in [5.41, 5.74) is 1.44. The number of aromatic nitrogens is 2. The molecule has 1 aliphatic heterocycles. The second-order valence-corrected chi connectivity index (χ2v) is 7.07. The Hall–Kier alpha value is -2.97. The molecule has 1 aliphatic rings. The normalized spacial score (nSPS) is 17.5. The standard InChI is InChI=1S/C22H25FN4O3/c1-3-19(18-12-29-9-8-24-18)30-21-10-16-17(11-20(21)28-2)25-13-26-22(16)27-15-6-4-14(23)5-7-15/h4-7,10-11,13,18-19,24H,3,8-9,12H2,1-2H3,(H,25,26,27). The van der Waals surface area contributed by atoms with Gasteiger partial charge in [0, 0.05) is 23.7 Å². The zero-order valence-electron chi connectivity index (χ0n) is 17.0. The van der Waals surface area contributed by atoms with Gasteiger partial charge >= 0.3 is 0 Å². The lowest BCUT2D eigenvalue weighted by molar-refractivity contribution is 0.0259. The molecule has 1 saturated heterocycles. The molecule has 30 heavy (non-hydrogen) atoms. The molecule has 2 N–H and O–H groups in total. The third-order valence-corrected chi connectivity index (χ3v) is 5.11. The number of halogens is 1. The molecule has 8 heteroatoms. The van der Waals surface area contributed by atoms with Gasteiger partial charge in [-0.15, -0.1) is 0 Å². The van der Waals surface area contributed by atoms with Crippen molar-refractivity contribution in [1.82, 2.24) is 15.3 Å². The number of methoxy groups -OCH3 is 1. The van der Waals surface area contributed by atoms with Gasteiger partial charge in [-0.2, -0.15) is 0 Å². The molecule has 0 amide bonds. The van der Waals surface area contributed by atoms with Crippen LogP contribution in [-0.2, 0) is 4.74 Å². The topological polar surface area (TPSA) is 77.5 Å². The van der Waals surface area contributed by atoms with Gasteiger partial charge in [-0.3, -0.25) is 0 Å². The fraction of sp³-hybridized carbons (Fsp3) is 0.364. The van der Waals surface area contributed by atoms with Crippen LogP contribution in [0.1, 0.15) is 13.3 Å². The molecule has 4 rings (SSSR count). The number of fused-ring (bicyclic) bond motifs is 1. The number of rotatable bonds is 7. The second kappa shape index (κ2) is 9.23. The van der Waals surface area contributed by atoms with Crippen LogP contribution in [0.4, 0.5) is 15.9 Å². The Morgan fingerprint density at radius 3 is 2.77 bits per heavy atom. The minimum absolute atomic E-state index is 0.0743. The minimum Gasteiger partial charge on any atom is -0.493 e. The number of morpholine rings is 1. The van der Waals surface area contributed by atoms with Crippen molar-refractivity contribution in [3.63, 3.8) is 0 Å². The number of hydrogen-bond acceptors (Lipinski definition) is 7. The van der Waals surface area contributed by atoms with E-state index < -0.39 is 0 Å². The average molecular weight is 412 g/mol.